The first-order chi connectivity index (χ1) is 10.1. The van der Waals surface area contributed by atoms with Crippen molar-refractivity contribution in [3.05, 3.63) is 5.28 Å². The fraction of sp³-hybridized carbons (Fsp3) is 0.800. The van der Waals surface area contributed by atoms with Crippen LogP contribution in [0.1, 0.15) is 46.0 Å². The Labute approximate surface area is 131 Å². The first kappa shape index (κ1) is 14.8. The molecule has 0 saturated carbocycles. The predicted octanol–water partition coefficient (Wildman–Crippen LogP) is 3.14. The van der Waals surface area contributed by atoms with Crippen molar-refractivity contribution in [1.29, 1.82) is 0 Å². The molecule has 3 heterocycles. The Morgan fingerprint density at radius 1 is 0.905 bits per heavy atom. The second kappa shape index (κ2) is 6.34. The summed E-state index contributed by atoms with van der Waals surface area (Å²) in [6, 6.07) is 0.450. The summed E-state index contributed by atoms with van der Waals surface area (Å²) in [6.45, 7) is 7.59. The number of hydrogen-bond acceptors (Lipinski definition) is 5. The molecule has 116 valence electrons. The van der Waals surface area contributed by atoms with Gasteiger partial charge in [0.05, 0.1) is 0 Å². The number of nitrogens with zero attached hydrogens (tertiary/aromatic N) is 5. The van der Waals surface area contributed by atoms with Gasteiger partial charge in [-0.2, -0.15) is 15.0 Å². The van der Waals surface area contributed by atoms with Crippen LogP contribution >= 0.6 is 11.6 Å². The van der Waals surface area contributed by atoms with Crippen LogP contribution in [0.4, 0.5) is 11.9 Å². The molecular weight excluding hydrogens is 286 g/mol. The first-order valence-electron chi connectivity index (χ1n) is 8.08. The third kappa shape index (κ3) is 3.23. The first-order valence-corrected chi connectivity index (χ1v) is 8.46. The minimum absolute atomic E-state index is 0.311. The van der Waals surface area contributed by atoms with E-state index in [9.17, 15) is 0 Å². The maximum absolute atomic E-state index is 6.16. The lowest BCUT2D eigenvalue weighted by Gasteiger charge is -2.38. The van der Waals surface area contributed by atoms with E-state index in [0.29, 0.717) is 17.2 Å². The van der Waals surface area contributed by atoms with Gasteiger partial charge >= 0.3 is 0 Å². The molecule has 5 nitrogen and oxygen atoms in total. The number of halogens is 1. The smallest absolute Gasteiger partial charge is 0.231 e. The topological polar surface area (TPSA) is 45.2 Å². The average molecular weight is 310 g/mol. The summed E-state index contributed by atoms with van der Waals surface area (Å²) in [4.78, 5) is 18.0. The average Bonchev–Trinajstić information content (AvgIpc) is 2.50. The Morgan fingerprint density at radius 2 is 1.62 bits per heavy atom. The molecule has 2 fully saturated rings. The van der Waals surface area contributed by atoms with Crippen LogP contribution in [0.15, 0.2) is 0 Å². The molecule has 0 aromatic carbocycles. The highest BCUT2D eigenvalue weighted by atomic mass is 35.5. The molecule has 2 unspecified atom stereocenters. The number of anilines is 2. The summed E-state index contributed by atoms with van der Waals surface area (Å²) in [5.41, 5.74) is 0. The maximum Gasteiger partial charge on any atom is 0.231 e. The van der Waals surface area contributed by atoms with Crippen LogP contribution in [-0.4, -0.2) is 40.6 Å². The molecule has 0 amide bonds. The molecule has 1 aromatic heterocycles. The van der Waals surface area contributed by atoms with Gasteiger partial charge in [0.15, 0.2) is 0 Å². The molecule has 6 heteroatoms. The van der Waals surface area contributed by atoms with Gasteiger partial charge in [0.1, 0.15) is 0 Å². The summed E-state index contributed by atoms with van der Waals surface area (Å²) in [5.74, 6) is 2.15. The molecule has 0 spiro atoms. The van der Waals surface area contributed by atoms with E-state index in [4.69, 9.17) is 16.6 Å². The van der Waals surface area contributed by atoms with Crippen molar-refractivity contribution < 1.29 is 0 Å². The number of hydrogen-bond donors (Lipinski definition) is 0. The lowest BCUT2D eigenvalue weighted by atomic mass is 9.92. The van der Waals surface area contributed by atoms with E-state index in [1.54, 1.807) is 0 Å². The highest BCUT2D eigenvalue weighted by Crippen LogP contribution is 2.28. The molecule has 2 aliphatic heterocycles. The lowest BCUT2D eigenvalue weighted by Crippen LogP contribution is -2.43. The highest BCUT2D eigenvalue weighted by Gasteiger charge is 2.28. The minimum Gasteiger partial charge on any atom is -0.341 e. The van der Waals surface area contributed by atoms with Crippen LogP contribution in [0, 0.1) is 5.92 Å². The van der Waals surface area contributed by atoms with E-state index in [2.05, 4.69) is 33.6 Å². The number of piperidine rings is 2. The van der Waals surface area contributed by atoms with Gasteiger partial charge in [-0.1, -0.05) is 6.92 Å². The van der Waals surface area contributed by atoms with E-state index < -0.39 is 0 Å². The maximum atomic E-state index is 6.16. The third-order valence-electron chi connectivity index (χ3n) is 4.85. The van der Waals surface area contributed by atoms with E-state index in [0.717, 1.165) is 31.5 Å². The molecule has 2 saturated heterocycles. The molecule has 2 atom stereocenters. The summed E-state index contributed by atoms with van der Waals surface area (Å²) in [6.07, 6.45) is 6.16. The van der Waals surface area contributed by atoms with Crippen LogP contribution in [0.3, 0.4) is 0 Å². The van der Waals surface area contributed by atoms with E-state index >= 15 is 0 Å². The summed E-state index contributed by atoms with van der Waals surface area (Å²) in [5, 5.41) is 0.311. The molecule has 21 heavy (non-hydrogen) atoms. The highest BCUT2D eigenvalue weighted by molar-refractivity contribution is 6.28. The van der Waals surface area contributed by atoms with Crippen molar-refractivity contribution >= 4 is 23.5 Å². The van der Waals surface area contributed by atoms with Crippen LogP contribution in [0.2, 0.25) is 5.28 Å². The van der Waals surface area contributed by atoms with Gasteiger partial charge in [0.25, 0.3) is 0 Å². The summed E-state index contributed by atoms with van der Waals surface area (Å²) >= 11 is 6.16. The van der Waals surface area contributed by atoms with E-state index in [-0.39, 0.29) is 0 Å². The van der Waals surface area contributed by atoms with Gasteiger partial charge in [-0.3, -0.25) is 0 Å². The van der Waals surface area contributed by atoms with Crippen LogP contribution in [0.25, 0.3) is 0 Å². The number of aromatic nitrogens is 3. The van der Waals surface area contributed by atoms with Crippen molar-refractivity contribution in [2.75, 3.05) is 29.4 Å². The van der Waals surface area contributed by atoms with Crippen molar-refractivity contribution in [2.24, 2.45) is 5.92 Å². The van der Waals surface area contributed by atoms with Gasteiger partial charge in [0.2, 0.25) is 17.2 Å². The van der Waals surface area contributed by atoms with Crippen molar-refractivity contribution in [1.82, 2.24) is 15.0 Å². The van der Waals surface area contributed by atoms with Crippen LogP contribution in [-0.2, 0) is 0 Å². The second-order valence-electron chi connectivity index (χ2n) is 6.31. The summed E-state index contributed by atoms with van der Waals surface area (Å²) in [7, 11) is 0. The Hall–Kier alpha value is -1.10. The normalized spacial score (nSPS) is 27.0. The van der Waals surface area contributed by atoms with Crippen LogP contribution in [0.5, 0.6) is 0 Å². The minimum atomic E-state index is 0.311. The molecule has 1 aromatic rings. The fourth-order valence-electron chi connectivity index (χ4n) is 3.31. The Bertz CT molecular complexity index is 489. The van der Waals surface area contributed by atoms with Crippen molar-refractivity contribution in [3.8, 4) is 0 Å². The Morgan fingerprint density at radius 3 is 2.38 bits per heavy atom. The predicted molar refractivity (Wildman–Crippen MR) is 86.1 cm³/mol. The molecule has 2 aliphatic rings. The van der Waals surface area contributed by atoms with Gasteiger partial charge in [-0.25, -0.2) is 0 Å². The zero-order valence-corrected chi connectivity index (χ0v) is 13.7. The van der Waals surface area contributed by atoms with Gasteiger partial charge in [0, 0.05) is 25.7 Å². The van der Waals surface area contributed by atoms with Crippen LogP contribution < -0.4 is 9.80 Å². The van der Waals surface area contributed by atoms with E-state index in [1.165, 1.54) is 32.1 Å². The van der Waals surface area contributed by atoms with Crippen molar-refractivity contribution in [2.45, 2.75) is 52.0 Å². The van der Waals surface area contributed by atoms with E-state index in [1.807, 2.05) is 0 Å². The number of rotatable bonds is 2. The van der Waals surface area contributed by atoms with Gasteiger partial charge < -0.3 is 9.80 Å². The SMILES string of the molecule is CC1CCCN(c2nc(Cl)nc(N3CCCCC3)n2)C1C. The molecule has 0 aliphatic carbocycles. The third-order valence-corrected chi connectivity index (χ3v) is 5.02. The molecule has 0 N–H and O–H groups in total. The largest absolute Gasteiger partial charge is 0.341 e. The molecule has 0 radical (unpaired) electrons. The molecule has 3 rings (SSSR count). The van der Waals surface area contributed by atoms with Gasteiger partial charge in [-0.05, 0) is 56.5 Å². The second-order valence-corrected chi connectivity index (χ2v) is 6.64. The zero-order chi connectivity index (χ0) is 14.8. The molecule has 0 bridgehead atoms. The summed E-state index contributed by atoms with van der Waals surface area (Å²) < 4.78 is 0. The quantitative estimate of drug-likeness (QED) is 0.840. The Balaban J connectivity index is 1.86. The Kier molecular flexibility index (Phi) is 4.48. The fourth-order valence-corrected chi connectivity index (χ4v) is 3.46. The monoisotopic (exact) mass is 309 g/mol. The standard InChI is InChI=1S/C15H24ClN5/c1-11-7-6-10-21(12(11)2)15-18-13(16)17-14(19-15)20-8-4-3-5-9-20/h11-12H,3-10H2,1-2H3. The molecular formula is C15H24ClN5. The zero-order valence-electron chi connectivity index (χ0n) is 12.9. The van der Waals surface area contributed by atoms with Gasteiger partial charge in [-0.15, -0.1) is 0 Å². The lowest BCUT2D eigenvalue weighted by molar-refractivity contribution is 0.359. The van der Waals surface area contributed by atoms with Crippen molar-refractivity contribution in [3.63, 3.8) is 0 Å².